The van der Waals surface area contributed by atoms with Gasteiger partial charge in [-0.2, -0.15) is 0 Å². The fourth-order valence-electron chi connectivity index (χ4n) is 3.99. The van der Waals surface area contributed by atoms with Crippen molar-refractivity contribution in [2.24, 2.45) is 10.9 Å². The minimum Gasteiger partial charge on any atom is -0.351 e. The molecule has 1 amide bonds. The van der Waals surface area contributed by atoms with Crippen LogP contribution in [0.15, 0.2) is 34.2 Å². The monoisotopic (exact) mass is 484 g/mol. The van der Waals surface area contributed by atoms with Crippen LogP contribution >= 0.6 is 0 Å². The summed E-state index contributed by atoms with van der Waals surface area (Å²) in [5.41, 5.74) is 0.461. The van der Waals surface area contributed by atoms with Gasteiger partial charge in [-0.15, -0.1) is 0 Å². The first-order chi connectivity index (χ1) is 15.1. The molecule has 1 fully saturated rings. The van der Waals surface area contributed by atoms with Crippen molar-refractivity contribution in [1.82, 2.24) is 14.3 Å². The van der Waals surface area contributed by atoms with Gasteiger partial charge >= 0.3 is 0 Å². The smallest absolute Gasteiger partial charge is 0.263 e. The molecule has 2 atom stereocenters. The molecule has 178 valence electrons. The molecular formula is C21H32N4O5S2. The molecule has 0 unspecified atom stereocenters. The normalized spacial score (nSPS) is 22.2. The molecule has 1 aromatic rings. The van der Waals surface area contributed by atoms with Crippen LogP contribution in [0.25, 0.3) is 0 Å². The lowest BCUT2D eigenvalue weighted by Gasteiger charge is -2.32. The second kappa shape index (κ2) is 9.88. The lowest BCUT2D eigenvalue weighted by molar-refractivity contribution is -0.124. The Bertz CT molecular complexity index is 1080. The first-order valence-corrected chi connectivity index (χ1v) is 14.2. The van der Waals surface area contributed by atoms with Crippen LogP contribution in [0.2, 0.25) is 0 Å². The summed E-state index contributed by atoms with van der Waals surface area (Å²) in [5.74, 6) is -0.0637. The van der Waals surface area contributed by atoms with Crippen molar-refractivity contribution >= 4 is 31.8 Å². The first-order valence-electron chi connectivity index (χ1n) is 11.1. The number of sulfonamides is 2. The molecule has 2 N–H and O–H groups in total. The molecule has 1 aromatic carbocycles. The zero-order valence-electron chi connectivity index (χ0n) is 18.7. The zero-order valence-corrected chi connectivity index (χ0v) is 20.4. The van der Waals surface area contributed by atoms with Gasteiger partial charge < -0.3 is 5.32 Å². The second-order valence-electron chi connectivity index (χ2n) is 8.41. The Labute approximate surface area is 190 Å². The van der Waals surface area contributed by atoms with Gasteiger partial charge in [0, 0.05) is 24.7 Å². The molecule has 0 saturated carbocycles. The SMILES string of the molecule is CCCS(=O)(=O)N1CCC(NC(=O)[C@@H](N=C2NS(=O)(=O)c3ccccc32)[C@@H](C)CC)CC1. The van der Waals surface area contributed by atoms with Crippen LogP contribution in [-0.4, -0.2) is 63.8 Å². The van der Waals surface area contributed by atoms with Gasteiger partial charge in [-0.1, -0.05) is 39.3 Å². The van der Waals surface area contributed by atoms with E-state index in [-0.39, 0.29) is 34.4 Å². The highest BCUT2D eigenvalue weighted by atomic mass is 32.2. The molecule has 2 heterocycles. The van der Waals surface area contributed by atoms with E-state index in [4.69, 9.17) is 0 Å². The van der Waals surface area contributed by atoms with Crippen molar-refractivity contribution in [1.29, 1.82) is 0 Å². The molecular weight excluding hydrogens is 452 g/mol. The Kier molecular flexibility index (Phi) is 7.61. The topological polar surface area (TPSA) is 125 Å². The third kappa shape index (κ3) is 5.32. The van der Waals surface area contributed by atoms with E-state index in [0.29, 0.717) is 44.3 Å². The standard InChI is InChI=1S/C21H32N4O5S2/c1-4-14-31(27,28)25-12-10-16(11-13-25)22-21(26)19(15(3)5-2)23-20-17-8-6-7-9-18(17)32(29,30)24-20/h6-9,15-16,19H,4-5,10-14H2,1-3H3,(H,22,26)(H,23,24)/t15-,19-/m0/s1. The number of nitrogens with one attached hydrogen (secondary N) is 2. The zero-order chi connectivity index (χ0) is 23.5. The van der Waals surface area contributed by atoms with Gasteiger partial charge in [0.15, 0.2) is 0 Å². The van der Waals surface area contributed by atoms with Gasteiger partial charge in [0.05, 0.1) is 10.6 Å². The van der Waals surface area contributed by atoms with Gasteiger partial charge in [-0.05, 0) is 37.3 Å². The third-order valence-electron chi connectivity index (χ3n) is 6.04. The predicted molar refractivity (Wildman–Crippen MR) is 123 cm³/mol. The van der Waals surface area contributed by atoms with Gasteiger partial charge in [-0.25, -0.2) is 21.1 Å². The van der Waals surface area contributed by atoms with Crippen LogP contribution in [0.3, 0.4) is 0 Å². The van der Waals surface area contributed by atoms with Gasteiger partial charge in [-0.3, -0.25) is 14.5 Å². The Balaban J connectivity index is 1.73. The Morgan fingerprint density at radius 1 is 1.25 bits per heavy atom. The molecule has 2 aliphatic heterocycles. The maximum absolute atomic E-state index is 13.1. The average molecular weight is 485 g/mol. The number of hydrogen-bond donors (Lipinski definition) is 2. The summed E-state index contributed by atoms with van der Waals surface area (Å²) in [4.78, 5) is 17.8. The number of rotatable bonds is 8. The summed E-state index contributed by atoms with van der Waals surface area (Å²) in [5, 5.41) is 3.01. The van der Waals surface area contributed by atoms with Crippen molar-refractivity contribution in [3.63, 3.8) is 0 Å². The summed E-state index contributed by atoms with van der Waals surface area (Å²) >= 11 is 0. The summed E-state index contributed by atoms with van der Waals surface area (Å²) in [6.45, 7) is 6.45. The van der Waals surface area contributed by atoms with E-state index in [1.54, 1.807) is 18.2 Å². The largest absolute Gasteiger partial charge is 0.351 e. The quantitative estimate of drug-likeness (QED) is 0.578. The molecule has 32 heavy (non-hydrogen) atoms. The van der Waals surface area contributed by atoms with Gasteiger partial charge in [0.25, 0.3) is 10.0 Å². The number of piperidine rings is 1. The molecule has 0 radical (unpaired) electrons. The average Bonchev–Trinajstić information content (AvgIpc) is 3.02. The third-order valence-corrected chi connectivity index (χ3v) is 9.51. The van der Waals surface area contributed by atoms with Crippen LogP contribution in [0, 0.1) is 5.92 Å². The highest BCUT2D eigenvalue weighted by Crippen LogP contribution is 2.24. The number of aliphatic imine (C=N–C) groups is 1. The molecule has 11 heteroatoms. The summed E-state index contributed by atoms with van der Waals surface area (Å²) < 4.78 is 53.3. The van der Waals surface area contributed by atoms with Crippen LogP contribution in [0.5, 0.6) is 0 Å². The highest BCUT2D eigenvalue weighted by molar-refractivity contribution is 7.90. The maximum Gasteiger partial charge on any atom is 0.263 e. The van der Waals surface area contributed by atoms with Crippen molar-refractivity contribution in [2.75, 3.05) is 18.8 Å². The van der Waals surface area contributed by atoms with E-state index in [9.17, 15) is 21.6 Å². The van der Waals surface area contributed by atoms with E-state index in [0.717, 1.165) is 0 Å². The number of benzene rings is 1. The molecule has 1 saturated heterocycles. The fourth-order valence-corrected chi connectivity index (χ4v) is 6.77. The lowest BCUT2D eigenvalue weighted by atomic mass is 9.97. The predicted octanol–water partition coefficient (Wildman–Crippen LogP) is 1.46. The van der Waals surface area contributed by atoms with Crippen molar-refractivity contribution in [3.8, 4) is 0 Å². The molecule has 0 aliphatic carbocycles. The second-order valence-corrected chi connectivity index (χ2v) is 12.1. The van der Waals surface area contributed by atoms with E-state index in [1.165, 1.54) is 10.4 Å². The van der Waals surface area contributed by atoms with Crippen molar-refractivity contribution < 1.29 is 21.6 Å². The van der Waals surface area contributed by atoms with E-state index in [1.807, 2.05) is 20.8 Å². The van der Waals surface area contributed by atoms with Gasteiger partial charge in [0.2, 0.25) is 15.9 Å². The van der Waals surface area contributed by atoms with E-state index < -0.39 is 26.1 Å². The van der Waals surface area contributed by atoms with Crippen LogP contribution in [0.1, 0.15) is 52.0 Å². The minimum atomic E-state index is -3.69. The number of carbonyl (C=O) groups is 1. The van der Waals surface area contributed by atoms with E-state index >= 15 is 0 Å². The van der Waals surface area contributed by atoms with Crippen LogP contribution < -0.4 is 10.0 Å². The highest BCUT2D eigenvalue weighted by Gasteiger charge is 2.34. The lowest BCUT2D eigenvalue weighted by Crippen LogP contribution is -2.50. The molecule has 0 bridgehead atoms. The fraction of sp³-hybridized carbons (Fsp3) is 0.619. The number of carbonyl (C=O) groups excluding carboxylic acids is 1. The Morgan fingerprint density at radius 3 is 2.53 bits per heavy atom. The number of nitrogens with zero attached hydrogens (tertiary/aromatic N) is 2. The van der Waals surface area contributed by atoms with Crippen molar-refractivity contribution in [3.05, 3.63) is 29.8 Å². The molecule has 2 aliphatic rings. The minimum absolute atomic E-state index is 0.107. The molecule has 0 spiro atoms. The van der Waals surface area contributed by atoms with Gasteiger partial charge in [0.1, 0.15) is 11.9 Å². The molecule has 0 aromatic heterocycles. The van der Waals surface area contributed by atoms with Crippen molar-refractivity contribution in [2.45, 2.75) is 63.4 Å². The van der Waals surface area contributed by atoms with Crippen LogP contribution in [0.4, 0.5) is 0 Å². The summed E-state index contributed by atoms with van der Waals surface area (Å²) in [6.07, 6.45) is 2.33. The maximum atomic E-state index is 13.1. The summed E-state index contributed by atoms with van der Waals surface area (Å²) in [7, 11) is -6.93. The molecule has 9 nitrogen and oxygen atoms in total. The number of amides is 1. The first kappa shape index (κ1) is 24.7. The Morgan fingerprint density at radius 2 is 1.91 bits per heavy atom. The number of fused-ring (bicyclic) bond motifs is 1. The molecule has 3 rings (SSSR count). The van der Waals surface area contributed by atoms with Crippen LogP contribution in [-0.2, 0) is 24.8 Å². The summed E-state index contributed by atoms with van der Waals surface area (Å²) in [6, 6.07) is 5.66. The van der Waals surface area contributed by atoms with E-state index in [2.05, 4.69) is 15.0 Å². The number of hydrogen-bond acceptors (Lipinski definition) is 6. The Hall–Kier alpha value is -1.98. The number of amidine groups is 1.